The van der Waals surface area contributed by atoms with Crippen molar-refractivity contribution >= 4 is 56.3 Å². The van der Waals surface area contributed by atoms with Gasteiger partial charge in [0.2, 0.25) is 5.75 Å². The summed E-state index contributed by atoms with van der Waals surface area (Å²) < 4.78 is 6.43. The van der Waals surface area contributed by atoms with E-state index in [1.807, 2.05) is 24.3 Å². The number of hydrogen-bond donors (Lipinski definition) is 0. The summed E-state index contributed by atoms with van der Waals surface area (Å²) in [6.45, 7) is 0.163. The normalized spacial score (nSPS) is 14.4. The second-order valence-electron chi connectivity index (χ2n) is 7.23. The molecule has 0 N–H and O–H groups in total. The zero-order valence-corrected chi connectivity index (χ0v) is 20.0. The number of nitro groups is 2. The predicted octanol–water partition coefficient (Wildman–Crippen LogP) is 6.29. The van der Waals surface area contributed by atoms with Crippen LogP contribution in [0.15, 0.2) is 76.1 Å². The van der Waals surface area contributed by atoms with Crippen LogP contribution in [0.4, 0.5) is 16.2 Å². The van der Waals surface area contributed by atoms with Crippen LogP contribution in [0.3, 0.4) is 0 Å². The van der Waals surface area contributed by atoms with Crippen molar-refractivity contribution in [2.45, 2.75) is 6.54 Å². The molecule has 1 saturated heterocycles. The Morgan fingerprint density at radius 1 is 0.943 bits per heavy atom. The molecule has 1 heterocycles. The molecule has 35 heavy (non-hydrogen) atoms. The highest BCUT2D eigenvalue weighted by molar-refractivity contribution is 9.10. The van der Waals surface area contributed by atoms with E-state index in [1.54, 1.807) is 18.2 Å². The molecule has 1 fully saturated rings. The molecule has 0 unspecified atom stereocenters. The molecular formula is C23H14BrN3O7S. The summed E-state index contributed by atoms with van der Waals surface area (Å²) in [6, 6.07) is 16.7. The number of ether oxygens (including phenoxy) is 1. The van der Waals surface area contributed by atoms with Crippen molar-refractivity contribution in [3.05, 3.63) is 107 Å². The zero-order chi connectivity index (χ0) is 25.1. The van der Waals surface area contributed by atoms with Crippen LogP contribution in [-0.4, -0.2) is 25.9 Å². The number of hydrogen-bond acceptors (Lipinski definition) is 8. The van der Waals surface area contributed by atoms with Crippen molar-refractivity contribution in [3.63, 3.8) is 0 Å². The highest BCUT2D eigenvalue weighted by Gasteiger charge is 2.35. The van der Waals surface area contributed by atoms with Crippen LogP contribution >= 0.6 is 27.7 Å². The standard InChI is InChI=1S/C23H14BrN3O7S/c24-16-5-1-15(2-6-16)13-25-22(28)21(35-23(25)29)11-14-3-8-18(9-4-14)34-20-10-7-17(26(30)31)12-19(20)27(32)33/h1-12H,13H2/b21-11-. The third-order valence-corrected chi connectivity index (χ3v) is 6.32. The van der Waals surface area contributed by atoms with E-state index in [2.05, 4.69) is 15.9 Å². The van der Waals surface area contributed by atoms with Crippen molar-refractivity contribution in [2.75, 3.05) is 0 Å². The molecule has 1 aliphatic rings. The van der Waals surface area contributed by atoms with Gasteiger partial charge < -0.3 is 4.74 Å². The second kappa shape index (κ2) is 10.1. The summed E-state index contributed by atoms with van der Waals surface area (Å²) in [7, 11) is 0. The number of rotatable bonds is 7. The number of halogens is 1. The van der Waals surface area contributed by atoms with Gasteiger partial charge in [0.1, 0.15) is 5.75 Å². The van der Waals surface area contributed by atoms with Crippen molar-refractivity contribution in [1.82, 2.24) is 4.90 Å². The summed E-state index contributed by atoms with van der Waals surface area (Å²) >= 11 is 4.19. The molecular weight excluding hydrogens is 542 g/mol. The van der Waals surface area contributed by atoms with Gasteiger partial charge in [0.25, 0.3) is 16.8 Å². The van der Waals surface area contributed by atoms with Crippen LogP contribution in [-0.2, 0) is 11.3 Å². The van der Waals surface area contributed by atoms with Crippen molar-refractivity contribution in [3.8, 4) is 11.5 Å². The lowest BCUT2D eigenvalue weighted by Gasteiger charge is -2.12. The van der Waals surface area contributed by atoms with Gasteiger partial charge in [0.15, 0.2) is 0 Å². The number of imide groups is 1. The maximum Gasteiger partial charge on any atom is 0.318 e. The molecule has 0 bridgehead atoms. The first-order valence-electron chi connectivity index (χ1n) is 9.92. The summed E-state index contributed by atoms with van der Waals surface area (Å²) in [5, 5.41) is 21.8. The third-order valence-electron chi connectivity index (χ3n) is 4.88. The first-order valence-corrected chi connectivity index (χ1v) is 11.5. The maximum atomic E-state index is 12.7. The molecule has 0 atom stereocenters. The predicted molar refractivity (Wildman–Crippen MR) is 132 cm³/mol. The summed E-state index contributed by atoms with van der Waals surface area (Å²) in [6.07, 6.45) is 1.57. The van der Waals surface area contributed by atoms with E-state index in [9.17, 15) is 29.8 Å². The van der Waals surface area contributed by atoms with Crippen LogP contribution in [0.1, 0.15) is 11.1 Å². The molecule has 10 nitrogen and oxygen atoms in total. The molecule has 0 aliphatic carbocycles. The summed E-state index contributed by atoms with van der Waals surface area (Å²) in [5.41, 5.74) is 0.472. The van der Waals surface area contributed by atoms with Gasteiger partial charge in [-0.3, -0.25) is 34.7 Å². The van der Waals surface area contributed by atoms with E-state index >= 15 is 0 Å². The minimum absolute atomic E-state index is 0.151. The fraction of sp³-hybridized carbons (Fsp3) is 0.0435. The van der Waals surface area contributed by atoms with Gasteiger partial charge in [-0.1, -0.05) is 40.2 Å². The number of thioether (sulfide) groups is 1. The van der Waals surface area contributed by atoms with E-state index in [4.69, 9.17) is 4.74 Å². The van der Waals surface area contributed by atoms with E-state index in [0.717, 1.165) is 40.0 Å². The SMILES string of the molecule is O=C1S/C(=C\c2ccc(Oc3ccc([N+](=O)[O-])cc3[N+](=O)[O-])cc2)C(=O)N1Cc1ccc(Br)cc1. The molecule has 2 amide bonds. The lowest BCUT2D eigenvalue weighted by molar-refractivity contribution is -0.394. The quantitative estimate of drug-likeness (QED) is 0.188. The molecule has 0 saturated carbocycles. The minimum Gasteiger partial charge on any atom is -0.450 e. The molecule has 176 valence electrons. The van der Waals surface area contributed by atoms with E-state index in [1.165, 1.54) is 17.0 Å². The summed E-state index contributed by atoms with van der Waals surface area (Å²) in [5.74, 6) is -0.297. The van der Waals surface area contributed by atoms with Crippen LogP contribution in [0.2, 0.25) is 0 Å². The maximum absolute atomic E-state index is 12.7. The average Bonchev–Trinajstić information content (AvgIpc) is 3.09. The Morgan fingerprint density at radius 3 is 2.26 bits per heavy atom. The molecule has 0 spiro atoms. The Labute approximate surface area is 210 Å². The van der Waals surface area contributed by atoms with Crippen molar-refractivity contribution in [1.29, 1.82) is 0 Å². The zero-order valence-electron chi connectivity index (χ0n) is 17.6. The number of non-ortho nitro benzene ring substituents is 1. The molecule has 4 rings (SSSR count). The summed E-state index contributed by atoms with van der Waals surface area (Å²) in [4.78, 5) is 47.2. The van der Waals surface area contributed by atoms with E-state index in [0.29, 0.717) is 5.56 Å². The smallest absolute Gasteiger partial charge is 0.318 e. The second-order valence-corrected chi connectivity index (χ2v) is 9.14. The van der Waals surface area contributed by atoms with Gasteiger partial charge >= 0.3 is 5.69 Å². The Kier molecular flexibility index (Phi) is 6.94. The van der Waals surface area contributed by atoms with Gasteiger partial charge in [0.05, 0.1) is 27.4 Å². The molecule has 0 aromatic heterocycles. The van der Waals surface area contributed by atoms with E-state index in [-0.39, 0.29) is 28.2 Å². The Morgan fingerprint density at radius 2 is 1.63 bits per heavy atom. The highest BCUT2D eigenvalue weighted by atomic mass is 79.9. The topological polar surface area (TPSA) is 133 Å². The Hall–Kier alpha value is -4.03. The number of benzene rings is 3. The number of amides is 2. The lowest BCUT2D eigenvalue weighted by Crippen LogP contribution is -2.27. The van der Waals surface area contributed by atoms with Crippen molar-refractivity contribution in [2.24, 2.45) is 0 Å². The Balaban J connectivity index is 1.48. The van der Waals surface area contributed by atoms with Gasteiger partial charge in [-0.2, -0.15) is 0 Å². The Bertz CT molecular complexity index is 1370. The number of carbonyl (C=O) groups is 2. The molecule has 3 aromatic rings. The largest absolute Gasteiger partial charge is 0.450 e. The molecule has 3 aromatic carbocycles. The van der Waals surface area contributed by atoms with Gasteiger partial charge in [-0.15, -0.1) is 0 Å². The molecule has 0 radical (unpaired) electrons. The third kappa shape index (κ3) is 5.55. The first kappa shape index (κ1) is 24.1. The minimum atomic E-state index is -0.763. The fourth-order valence-electron chi connectivity index (χ4n) is 3.17. The van der Waals surface area contributed by atoms with Crippen LogP contribution in [0.5, 0.6) is 11.5 Å². The van der Waals surface area contributed by atoms with Crippen molar-refractivity contribution < 1.29 is 24.2 Å². The number of nitro benzene ring substituents is 2. The van der Waals surface area contributed by atoms with Gasteiger partial charge in [-0.05, 0) is 59.3 Å². The molecule has 12 heteroatoms. The van der Waals surface area contributed by atoms with Crippen LogP contribution in [0, 0.1) is 20.2 Å². The average molecular weight is 556 g/mol. The van der Waals surface area contributed by atoms with Crippen LogP contribution < -0.4 is 4.74 Å². The van der Waals surface area contributed by atoms with Crippen LogP contribution in [0.25, 0.3) is 6.08 Å². The van der Waals surface area contributed by atoms with Gasteiger partial charge in [0, 0.05) is 10.5 Å². The van der Waals surface area contributed by atoms with Gasteiger partial charge in [-0.25, -0.2) is 0 Å². The number of nitrogens with zero attached hydrogens (tertiary/aromatic N) is 3. The lowest BCUT2D eigenvalue weighted by atomic mass is 10.2. The monoisotopic (exact) mass is 555 g/mol. The highest BCUT2D eigenvalue weighted by Crippen LogP contribution is 2.36. The molecule has 1 aliphatic heterocycles. The first-order chi connectivity index (χ1) is 16.7. The fourth-order valence-corrected chi connectivity index (χ4v) is 4.27. The number of carbonyl (C=O) groups excluding carboxylic acids is 2. The van der Waals surface area contributed by atoms with E-state index < -0.39 is 27.1 Å².